The van der Waals surface area contributed by atoms with E-state index in [1.165, 1.54) is 0 Å². The van der Waals surface area contributed by atoms with Gasteiger partial charge in [0.2, 0.25) is 0 Å². The zero-order chi connectivity index (χ0) is 12.3. The molecule has 0 aliphatic heterocycles. The first-order valence-corrected chi connectivity index (χ1v) is 5.24. The molecular weight excluding hydrogens is 216 g/mol. The van der Waals surface area contributed by atoms with E-state index in [0.717, 1.165) is 16.7 Å². The molecule has 2 aromatic heterocycles. The summed E-state index contributed by atoms with van der Waals surface area (Å²) in [6.45, 7) is 1.95. The van der Waals surface area contributed by atoms with Gasteiger partial charge in [0.1, 0.15) is 0 Å². The van der Waals surface area contributed by atoms with Gasteiger partial charge in [0.05, 0.1) is 12.1 Å². The SMILES string of the molecule is Cc1cc(CC(=O)O)ncc1-c1ccncc1. The molecule has 0 amide bonds. The molecule has 0 fully saturated rings. The van der Waals surface area contributed by atoms with E-state index < -0.39 is 5.97 Å². The Balaban J connectivity index is 2.35. The number of aromatic nitrogens is 2. The summed E-state index contributed by atoms with van der Waals surface area (Å²) in [4.78, 5) is 18.7. The van der Waals surface area contributed by atoms with Crippen LogP contribution in [0, 0.1) is 6.92 Å². The fourth-order valence-electron chi connectivity index (χ4n) is 1.70. The third-order valence-electron chi connectivity index (χ3n) is 2.49. The predicted octanol–water partition coefficient (Wildman–Crippen LogP) is 2.08. The summed E-state index contributed by atoms with van der Waals surface area (Å²) in [5.74, 6) is -0.867. The second kappa shape index (κ2) is 4.74. The zero-order valence-corrected chi connectivity index (χ0v) is 9.42. The van der Waals surface area contributed by atoms with Gasteiger partial charge in [-0.15, -0.1) is 0 Å². The Kier molecular flexibility index (Phi) is 3.14. The first-order valence-electron chi connectivity index (χ1n) is 5.24. The normalized spacial score (nSPS) is 10.2. The van der Waals surface area contributed by atoms with E-state index in [9.17, 15) is 4.79 Å². The monoisotopic (exact) mass is 228 g/mol. The van der Waals surface area contributed by atoms with Crippen molar-refractivity contribution in [1.29, 1.82) is 0 Å². The number of carboxylic acid groups (broad SMARTS) is 1. The van der Waals surface area contributed by atoms with Crippen molar-refractivity contribution < 1.29 is 9.90 Å². The summed E-state index contributed by atoms with van der Waals surface area (Å²) in [6, 6.07) is 5.62. The minimum atomic E-state index is -0.867. The average molecular weight is 228 g/mol. The lowest BCUT2D eigenvalue weighted by molar-refractivity contribution is -0.136. The van der Waals surface area contributed by atoms with Gasteiger partial charge in [-0.1, -0.05) is 0 Å². The lowest BCUT2D eigenvalue weighted by atomic mass is 10.0. The van der Waals surface area contributed by atoms with Crippen molar-refractivity contribution in [2.75, 3.05) is 0 Å². The van der Waals surface area contributed by atoms with Gasteiger partial charge in [-0.2, -0.15) is 0 Å². The van der Waals surface area contributed by atoms with Gasteiger partial charge in [-0.25, -0.2) is 0 Å². The van der Waals surface area contributed by atoms with Crippen LogP contribution in [-0.4, -0.2) is 21.0 Å². The molecule has 2 rings (SSSR count). The largest absolute Gasteiger partial charge is 0.481 e. The summed E-state index contributed by atoms with van der Waals surface area (Å²) < 4.78 is 0. The predicted molar refractivity (Wildman–Crippen MR) is 63.5 cm³/mol. The Morgan fingerprint density at radius 1 is 1.35 bits per heavy atom. The molecule has 2 heterocycles. The third kappa shape index (κ3) is 2.66. The minimum Gasteiger partial charge on any atom is -0.481 e. The van der Waals surface area contributed by atoms with Gasteiger partial charge < -0.3 is 5.11 Å². The van der Waals surface area contributed by atoms with E-state index in [1.54, 1.807) is 18.6 Å². The molecule has 1 N–H and O–H groups in total. The van der Waals surface area contributed by atoms with Crippen molar-refractivity contribution in [2.24, 2.45) is 0 Å². The minimum absolute atomic E-state index is 0.0442. The van der Waals surface area contributed by atoms with Gasteiger partial charge in [-0.05, 0) is 36.2 Å². The van der Waals surface area contributed by atoms with E-state index in [4.69, 9.17) is 5.11 Å². The van der Waals surface area contributed by atoms with Gasteiger partial charge in [0.25, 0.3) is 0 Å². The van der Waals surface area contributed by atoms with Crippen LogP contribution in [0.2, 0.25) is 0 Å². The topological polar surface area (TPSA) is 63.1 Å². The molecule has 0 aromatic carbocycles. The summed E-state index contributed by atoms with van der Waals surface area (Å²) in [6.07, 6.45) is 5.11. The number of carboxylic acids is 1. The Morgan fingerprint density at radius 3 is 2.65 bits per heavy atom. The lowest BCUT2D eigenvalue weighted by Gasteiger charge is -2.06. The molecule has 17 heavy (non-hydrogen) atoms. The van der Waals surface area contributed by atoms with Crippen molar-refractivity contribution in [3.8, 4) is 11.1 Å². The Hall–Kier alpha value is -2.23. The number of carbonyl (C=O) groups is 1. The van der Waals surface area contributed by atoms with Gasteiger partial charge in [0, 0.05) is 24.2 Å². The van der Waals surface area contributed by atoms with Crippen molar-refractivity contribution in [3.05, 3.63) is 48.0 Å². The van der Waals surface area contributed by atoms with Crippen molar-refractivity contribution in [1.82, 2.24) is 9.97 Å². The maximum atomic E-state index is 10.6. The molecule has 0 aliphatic rings. The van der Waals surface area contributed by atoms with Crippen LogP contribution in [0.3, 0.4) is 0 Å². The van der Waals surface area contributed by atoms with E-state index in [0.29, 0.717) is 5.69 Å². The number of rotatable bonds is 3. The highest BCUT2D eigenvalue weighted by atomic mass is 16.4. The molecule has 0 radical (unpaired) electrons. The molecule has 86 valence electrons. The molecule has 2 aromatic rings. The first-order chi connectivity index (χ1) is 8.16. The maximum Gasteiger partial charge on any atom is 0.309 e. The second-order valence-corrected chi connectivity index (χ2v) is 3.80. The van der Waals surface area contributed by atoms with Crippen LogP contribution in [0.4, 0.5) is 0 Å². The number of hydrogen-bond acceptors (Lipinski definition) is 3. The van der Waals surface area contributed by atoms with Crippen LogP contribution >= 0.6 is 0 Å². The molecule has 0 bridgehead atoms. The van der Waals surface area contributed by atoms with Gasteiger partial charge >= 0.3 is 5.97 Å². The molecule has 0 spiro atoms. The van der Waals surface area contributed by atoms with E-state index in [1.807, 2.05) is 25.1 Å². The highest BCUT2D eigenvalue weighted by Gasteiger charge is 2.06. The van der Waals surface area contributed by atoms with Crippen molar-refractivity contribution in [3.63, 3.8) is 0 Å². The fraction of sp³-hybridized carbons (Fsp3) is 0.154. The smallest absolute Gasteiger partial charge is 0.309 e. The summed E-state index contributed by atoms with van der Waals surface area (Å²) in [5, 5.41) is 8.70. The molecule has 0 unspecified atom stereocenters. The molecule has 0 saturated carbocycles. The van der Waals surface area contributed by atoms with Crippen molar-refractivity contribution in [2.45, 2.75) is 13.3 Å². The Bertz CT molecular complexity index is 538. The molecule has 0 saturated heterocycles. The molecule has 0 atom stereocenters. The number of hydrogen-bond donors (Lipinski definition) is 1. The van der Waals surface area contributed by atoms with Crippen LogP contribution in [0.25, 0.3) is 11.1 Å². The first kappa shape index (κ1) is 11.3. The van der Waals surface area contributed by atoms with E-state index in [-0.39, 0.29) is 6.42 Å². The van der Waals surface area contributed by atoms with E-state index >= 15 is 0 Å². The lowest BCUT2D eigenvalue weighted by Crippen LogP contribution is -2.03. The molecule has 4 nitrogen and oxygen atoms in total. The van der Waals surface area contributed by atoms with Crippen LogP contribution < -0.4 is 0 Å². The average Bonchev–Trinajstić information content (AvgIpc) is 2.29. The van der Waals surface area contributed by atoms with Crippen LogP contribution in [0.5, 0.6) is 0 Å². The quantitative estimate of drug-likeness (QED) is 0.873. The molecule has 0 aliphatic carbocycles. The van der Waals surface area contributed by atoms with Crippen LogP contribution in [-0.2, 0) is 11.2 Å². The highest BCUT2D eigenvalue weighted by Crippen LogP contribution is 2.22. The van der Waals surface area contributed by atoms with E-state index in [2.05, 4.69) is 9.97 Å². The van der Waals surface area contributed by atoms with Crippen LogP contribution in [0.15, 0.2) is 36.8 Å². The number of pyridine rings is 2. The zero-order valence-electron chi connectivity index (χ0n) is 9.42. The molecular formula is C13H12N2O2. The fourth-order valence-corrected chi connectivity index (χ4v) is 1.70. The standard InChI is InChI=1S/C13H12N2O2/c1-9-6-11(7-13(16)17)15-8-12(9)10-2-4-14-5-3-10/h2-6,8H,7H2,1H3,(H,16,17). The highest BCUT2D eigenvalue weighted by molar-refractivity contribution is 5.71. The molecule has 4 heteroatoms. The summed E-state index contributed by atoms with van der Waals surface area (Å²) >= 11 is 0. The number of nitrogens with zero attached hydrogens (tertiary/aromatic N) is 2. The summed E-state index contributed by atoms with van der Waals surface area (Å²) in [7, 11) is 0. The second-order valence-electron chi connectivity index (χ2n) is 3.80. The third-order valence-corrected chi connectivity index (χ3v) is 2.49. The Labute approximate surface area is 99.0 Å². The Morgan fingerprint density at radius 2 is 2.06 bits per heavy atom. The number of aryl methyl sites for hydroxylation is 1. The van der Waals surface area contributed by atoms with Gasteiger partial charge in [-0.3, -0.25) is 14.8 Å². The number of aliphatic carboxylic acids is 1. The van der Waals surface area contributed by atoms with Crippen molar-refractivity contribution >= 4 is 5.97 Å². The van der Waals surface area contributed by atoms with Gasteiger partial charge in [0.15, 0.2) is 0 Å². The maximum absolute atomic E-state index is 10.6. The van der Waals surface area contributed by atoms with Crippen LogP contribution in [0.1, 0.15) is 11.3 Å². The summed E-state index contributed by atoms with van der Waals surface area (Å²) in [5.41, 5.74) is 3.63.